The van der Waals surface area contributed by atoms with Gasteiger partial charge in [-0.1, -0.05) is 6.07 Å². The van der Waals surface area contributed by atoms with Gasteiger partial charge in [-0.15, -0.1) is 0 Å². The van der Waals surface area contributed by atoms with Crippen LogP contribution in [0.25, 0.3) is 0 Å². The molecule has 5 heteroatoms. The summed E-state index contributed by atoms with van der Waals surface area (Å²) in [4.78, 5) is 11.7. The van der Waals surface area contributed by atoms with Crippen molar-refractivity contribution >= 4 is 11.6 Å². The number of ether oxygens (including phenoxy) is 1. The first kappa shape index (κ1) is 14.0. The molecule has 2 atom stereocenters. The minimum absolute atomic E-state index is 0.00274. The monoisotopic (exact) mass is 266 g/mol. The summed E-state index contributed by atoms with van der Waals surface area (Å²) in [5, 5.41) is 5.91. The number of carbonyl (C=O) groups is 1. The number of piperidine rings is 1. The van der Waals surface area contributed by atoms with Gasteiger partial charge >= 0.3 is 0 Å². The summed E-state index contributed by atoms with van der Waals surface area (Å²) in [7, 11) is 0. The third-order valence-electron chi connectivity index (χ3n) is 3.17. The van der Waals surface area contributed by atoms with Gasteiger partial charge in [-0.25, -0.2) is 4.39 Å². The number of rotatable bonds is 4. The van der Waals surface area contributed by atoms with E-state index in [0.29, 0.717) is 11.7 Å². The number of hydrogen-bond donors (Lipinski definition) is 2. The zero-order valence-corrected chi connectivity index (χ0v) is 11.0. The number of benzene rings is 1. The van der Waals surface area contributed by atoms with Crippen molar-refractivity contribution in [2.75, 3.05) is 18.5 Å². The quantitative estimate of drug-likeness (QED) is 0.875. The van der Waals surface area contributed by atoms with Crippen LogP contribution < -0.4 is 10.6 Å². The molecule has 1 aliphatic heterocycles. The summed E-state index contributed by atoms with van der Waals surface area (Å²) in [5.74, 6) is -0.631. The second-order valence-corrected chi connectivity index (χ2v) is 4.88. The minimum atomic E-state index is -0.371. The molecule has 1 fully saturated rings. The molecule has 0 saturated carbocycles. The van der Waals surface area contributed by atoms with Crippen LogP contribution in [0, 0.1) is 5.82 Å². The summed E-state index contributed by atoms with van der Waals surface area (Å²) in [6.07, 6.45) is 2.09. The van der Waals surface area contributed by atoms with Gasteiger partial charge in [-0.3, -0.25) is 4.79 Å². The lowest BCUT2D eigenvalue weighted by Gasteiger charge is -2.27. The van der Waals surface area contributed by atoms with Crippen molar-refractivity contribution < 1.29 is 13.9 Å². The Morgan fingerprint density at radius 2 is 2.37 bits per heavy atom. The van der Waals surface area contributed by atoms with E-state index >= 15 is 0 Å². The summed E-state index contributed by atoms with van der Waals surface area (Å²) in [6.45, 7) is 2.90. The SMILES string of the molecule is CC1CCC(OCC(=O)Nc2cccc(F)c2)CN1. The van der Waals surface area contributed by atoms with Crippen molar-refractivity contribution in [1.82, 2.24) is 5.32 Å². The zero-order valence-electron chi connectivity index (χ0n) is 11.0. The second kappa shape index (κ2) is 6.63. The van der Waals surface area contributed by atoms with Gasteiger partial charge < -0.3 is 15.4 Å². The van der Waals surface area contributed by atoms with Crippen molar-refractivity contribution in [3.63, 3.8) is 0 Å². The van der Waals surface area contributed by atoms with Crippen LogP contribution in [0.1, 0.15) is 19.8 Å². The Morgan fingerprint density at radius 3 is 3.05 bits per heavy atom. The van der Waals surface area contributed by atoms with Crippen molar-refractivity contribution in [3.8, 4) is 0 Å². The Bertz CT molecular complexity index is 431. The number of hydrogen-bond acceptors (Lipinski definition) is 3. The lowest BCUT2D eigenvalue weighted by atomic mass is 10.0. The van der Waals surface area contributed by atoms with E-state index in [-0.39, 0.29) is 24.4 Å². The molecule has 1 aromatic carbocycles. The molecule has 1 heterocycles. The van der Waals surface area contributed by atoms with Gasteiger partial charge in [0.25, 0.3) is 0 Å². The maximum atomic E-state index is 12.9. The smallest absolute Gasteiger partial charge is 0.250 e. The first-order valence-electron chi connectivity index (χ1n) is 6.54. The minimum Gasteiger partial charge on any atom is -0.367 e. The van der Waals surface area contributed by atoms with Crippen molar-refractivity contribution in [1.29, 1.82) is 0 Å². The molecule has 2 unspecified atom stereocenters. The van der Waals surface area contributed by atoms with E-state index in [0.717, 1.165) is 19.4 Å². The molecule has 1 amide bonds. The maximum absolute atomic E-state index is 12.9. The maximum Gasteiger partial charge on any atom is 0.250 e. The van der Waals surface area contributed by atoms with Gasteiger partial charge in [0.1, 0.15) is 12.4 Å². The van der Waals surface area contributed by atoms with Crippen molar-refractivity contribution in [2.24, 2.45) is 0 Å². The lowest BCUT2D eigenvalue weighted by molar-refractivity contribution is -0.123. The molecule has 0 spiro atoms. The molecule has 0 bridgehead atoms. The van der Waals surface area contributed by atoms with Gasteiger partial charge in [0.15, 0.2) is 0 Å². The highest BCUT2D eigenvalue weighted by Gasteiger charge is 2.18. The fourth-order valence-corrected chi connectivity index (χ4v) is 2.07. The molecule has 1 aliphatic rings. The average molecular weight is 266 g/mol. The van der Waals surface area contributed by atoms with Gasteiger partial charge in [0.2, 0.25) is 5.91 Å². The summed E-state index contributed by atoms with van der Waals surface area (Å²) >= 11 is 0. The number of anilines is 1. The molecule has 2 rings (SSSR count). The highest BCUT2D eigenvalue weighted by molar-refractivity contribution is 5.91. The van der Waals surface area contributed by atoms with Gasteiger partial charge in [0, 0.05) is 18.3 Å². The molecule has 4 nitrogen and oxygen atoms in total. The van der Waals surface area contributed by atoms with Crippen LogP contribution in [0.15, 0.2) is 24.3 Å². The van der Waals surface area contributed by atoms with E-state index in [1.54, 1.807) is 12.1 Å². The normalized spacial score (nSPS) is 23.1. The fourth-order valence-electron chi connectivity index (χ4n) is 2.07. The largest absolute Gasteiger partial charge is 0.367 e. The fraction of sp³-hybridized carbons (Fsp3) is 0.500. The van der Waals surface area contributed by atoms with E-state index in [2.05, 4.69) is 17.6 Å². The lowest BCUT2D eigenvalue weighted by Crippen LogP contribution is -2.41. The Balaban J connectivity index is 1.73. The molecular weight excluding hydrogens is 247 g/mol. The third kappa shape index (κ3) is 4.61. The number of halogens is 1. The second-order valence-electron chi connectivity index (χ2n) is 4.88. The molecule has 19 heavy (non-hydrogen) atoms. The van der Waals surface area contributed by atoms with Crippen LogP contribution in [-0.2, 0) is 9.53 Å². The van der Waals surface area contributed by atoms with Gasteiger partial charge in [0.05, 0.1) is 6.10 Å². The molecule has 0 radical (unpaired) electrons. The van der Waals surface area contributed by atoms with Crippen LogP contribution in [0.5, 0.6) is 0 Å². The Labute approximate surface area is 112 Å². The third-order valence-corrected chi connectivity index (χ3v) is 3.17. The van der Waals surface area contributed by atoms with Crippen LogP contribution in [0.4, 0.5) is 10.1 Å². The van der Waals surface area contributed by atoms with E-state index in [1.807, 2.05) is 0 Å². The summed E-state index contributed by atoms with van der Waals surface area (Å²) in [5.41, 5.74) is 0.448. The van der Waals surface area contributed by atoms with Crippen molar-refractivity contribution in [2.45, 2.75) is 31.9 Å². The van der Waals surface area contributed by atoms with Gasteiger partial charge in [-0.05, 0) is 38.0 Å². The van der Waals surface area contributed by atoms with E-state index in [9.17, 15) is 9.18 Å². The number of amides is 1. The Hall–Kier alpha value is -1.46. The van der Waals surface area contributed by atoms with Crippen molar-refractivity contribution in [3.05, 3.63) is 30.1 Å². The van der Waals surface area contributed by atoms with Crippen LogP contribution in [0.2, 0.25) is 0 Å². The molecule has 1 aromatic rings. The molecule has 0 aliphatic carbocycles. The molecule has 104 valence electrons. The predicted molar refractivity (Wildman–Crippen MR) is 71.5 cm³/mol. The highest BCUT2D eigenvalue weighted by Crippen LogP contribution is 2.12. The first-order chi connectivity index (χ1) is 9.13. The highest BCUT2D eigenvalue weighted by atomic mass is 19.1. The first-order valence-corrected chi connectivity index (χ1v) is 6.54. The zero-order chi connectivity index (χ0) is 13.7. The standard InChI is InChI=1S/C14H19FN2O2/c1-10-5-6-13(8-16-10)19-9-14(18)17-12-4-2-3-11(15)7-12/h2-4,7,10,13,16H,5-6,8-9H2,1H3,(H,17,18). The van der Waals surface area contributed by atoms with E-state index in [4.69, 9.17) is 4.74 Å². The molecule has 2 N–H and O–H groups in total. The molecular formula is C14H19FN2O2. The Morgan fingerprint density at radius 1 is 1.53 bits per heavy atom. The van der Waals surface area contributed by atoms with E-state index < -0.39 is 0 Å². The topological polar surface area (TPSA) is 50.4 Å². The number of nitrogens with one attached hydrogen (secondary N) is 2. The van der Waals surface area contributed by atoms with E-state index in [1.165, 1.54) is 12.1 Å². The molecule has 1 saturated heterocycles. The Kier molecular flexibility index (Phi) is 4.87. The number of carbonyl (C=O) groups excluding carboxylic acids is 1. The van der Waals surface area contributed by atoms with Crippen LogP contribution in [-0.4, -0.2) is 31.2 Å². The summed E-state index contributed by atoms with van der Waals surface area (Å²) < 4.78 is 18.5. The summed E-state index contributed by atoms with van der Waals surface area (Å²) in [6, 6.07) is 6.33. The predicted octanol–water partition coefficient (Wildman–Crippen LogP) is 1.92. The van der Waals surface area contributed by atoms with Crippen LogP contribution >= 0.6 is 0 Å². The van der Waals surface area contributed by atoms with Gasteiger partial charge in [-0.2, -0.15) is 0 Å². The average Bonchev–Trinajstić information content (AvgIpc) is 2.38. The molecule has 0 aromatic heterocycles. The van der Waals surface area contributed by atoms with Crippen LogP contribution in [0.3, 0.4) is 0 Å².